The number of hydrogen-bond acceptors (Lipinski definition) is 7. The maximum atomic E-state index is 11.3. The van der Waals surface area contributed by atoms with Crippen LogP contribution in [0.2, 0.25) is 0 Å². The Morgan fingerprint density at radius 3 is 2.25 bits per heavy atom. The third kappa shape index (κ3) is 3.48. The van der Waals surface area contributed by atoms with Crippen LogP contribution in [0.3, 0.4) is 0 Å². The van der Waals surface area contributed by atoms with Gasteiger partial charge in [0.2, 0.25) is 0 Å². The Bertz CT molecular complexity index is 232. The molecule has 0 aliphatic rings. The van der Waals surface area contributed by atoms with E-state index in [0.717, 1.165) is 0 Å². The van der Waals surface area contributed by atoms with Crippen molar-refractivity contribution in [3.63, 3.8) is 0 Å². The lowest BCUT2D eigenvalue weighted by Crippen LogP contribution is -2.65. The fraction of sp³-hybridized carbons (Fsp3) is 0.889. The third-order valence-corrected chi connectivity index (χ3v) is 2.26. The Hall–Kier alpha value is -0.570. The standard InChI is InChI=1S/C9H19NO6/c1-2-3-5(12)7(14)9(10,16)8(15)6(13)4-11/h6-8,11,13-16H,2-4,10H2,1H3/t6-,7+,8-,9-/m1/s1. The summed E-state index contributed by atoms with van der Waals surface area (Å²) < 4.78 is 0. The van der Waals surface area contributed by atoms with Crippen LogP contribution in [0.25, 0.3) is 0 Å². The number of rotatable bonds is 7. The van der Waals surface area contributed by atoms with Crippen molar-refractivity contribution in [2.45, 2.75) is 43.8 Å². The van der Waals surface area contributed by atoms with Crippen LogP contribution < -0.4 is 5.73 Å². The quantitative estimate of drug-likeness (QED) is 0.260. The van der Waals surface area contributed by atoms with Gasteiger partial charge >= 0.3 is 0 Å². The van der Waals surface area contributed by atoms with E-state index in [1.165, 1.54) is 0 Å². The molecule has 0 unspecified atom stereocenters. The number of carbonyl (C=O) groups is 1. The van der Waals surface area contributed by atoms with E-state index in [9.17, 15) is 20.1 Å². The molecular formula is C9H19NO6. The summed E-state index contributed by atoms with van der Waals surface area (Å²) in [6.07, 6.45) is -5.33. The van der Waals surface area contributed by atoms with Gasteiger partial charge in [-0.2, -0.15) is 0 Å². The Labute approximate surface area is 93.1 Å². The molecule has 7 nitrogen and oxygen atoms in total. The van der Waals surface area contributed by atoms with E-state index >= 15 is 0 Å². The first-order chi connectivity index (χ1) is 7.28. The van der Waals surface area contributed by atoms with Crippen molar-refractivity contribution < 1.29 is 30.3 Å². The zero-order valence-corrected chi connectivity index (χ0v) is 9.08. The second-order valence-electron chi connectivity index (χ2n) is 3.70. The predicted molar refractivity (Wildman–Crippen MR) is 54.2 cm³/mol. The molecule has 0 aliphatic carbocycles. The lowest BCUT2D eigenvalue weighted by Gasteiger charge is -2.34. The van der Waals surface area contributed by atoms with E-state index < -0.39 is 36.4 Å². The van der Waals surface area contributed by atoms with E-state index in [1.54, 1.807) is 6.92 Å². The van der Waals surface area contributed by atoms with Crippen LogP contribution >= 0.6 is 0 Å². The van der Waals surface area contributed by atoms with Gasteiger partial charge in [0.15, 0.2) is 17.6 Å². The highest BCUT2D eigenvalue weighted by atomic mass is 16.4. The second kappa shape index (κ2) is 6.24. The van der Waals surface area contributed by atoms with Gasteiger partial charge in [0.05, 0.1) is 6.61 Å². The van der Waals surface area contributed by atoms with Crippen LogP contribution in [0.4, 0.5) is 0 Å². The molecule has 96 valence electrons. The van der Waals surface area contributed by atoms with Crippen LogP contribution in [0.5, 0.6) is 0 Å². The molecule has 0 heterocycles. The maximum absolute atomic E-state index is 11.3. The molecule has 7 N–H and O–H groups in total. The van der Waals surface area contributed by atoms with Crippen molar-refractivity contribution in [2.24, 2.45) is 5.73 Å². The fourth-order valence-corrected chi connectivity index (χ4v) is 1.21. The van der Waals surface area contributed by atoms with Crippen molar-refractivity contribution in [1.82, 2.24) is 0 Å². The van der Waals surface area contributed by atoms with Gasteiger partial charge in [-0.25, -0.2) is 0 Å². The van der Waals surface area contributed by atoms with Crippen LogP contribution in [-0.2, 0) is 4.79 Å². The second-order valence-corrected chi connectivity index (χ2v) is 3.70. The SMILES string of the molecule is CCCC(=O)[C@H](O)[C@@](N)(O)[C@H](O)[C@H](O)CO. The molecule has 0 saturated heterocycles. The van der Waals surface area contributed by atoms with Crippen molar-refractivity contribution >= 4 is 5.78 Å². The lowest BCUT2D eigenvalue weighted by atomic mass is 9.92. The topological polar surface area (TPSA) is 144 Å². The zero-order valence-electron chi connectivity index (χ0n) is 9.08. The number of ketones is 1. The van der Waals surface area contributed by atoms with E-state index in [2.05, 4.69) is 0 Å². The summed E-state index contributed by atoms with van der Waals surface area (Å²) in [7, 11) is 0. The van der Waals surface area contributed by atoms with Crippen molar-refractivity contribution in [3.05, 3.63) is 0 Å². The van der Waals surface area contributed by atoms with Gasteiger partial charge in [0.25, 0.3) is 0 Å². The molecule has 0 aromatic carbocycles. The number of nitrogens with two attached hydrogens (primary N) is 1. The van der Waals surface area contributed by atoms with E-state index in [0.29, 0.717) is 6.42 Å². The summed E-state index contributed by atoms with van der Waals surface area (Å²) in [5, 5.41) is 45.9. The van der Waals surface area contributed by atoms with Gasteiger partial charge in [-0.15, -0.1) is 0 Å². The molecule has 0 radical (unpaired) electrons. The summed E-state index contributed by atoms with van der Waals surface area (Å²) in [6.45, 7) is 0.842. The number of Topliss-reactive ketones (excluding diaryl/α,β-unsaturated/α-hetero) is 1. The molecule has 0 fully saturated rings. The summed E-state index contributed by atoms with van der Waals surface area (Å²) in [5.74, 6) is -0.739. The van der Waals surface area contributed by atoms with E-state index in [-0.39, 0.29) is 6.42 Å². The number of hydrogen-bond donors (Lipinski definition) is 6. The monoisotopic (exact) mass is 237 g/mol. The molecule has 0 amide bonds. The largest absolute Gasteiger partial charge is 0.394 e. The van der Waals surface area contributed by atoms with Gasteiger partial charge in [-0.3, -0.25) is 10.5 Å². The van der Waals surface area contributed by atoms with Crippen LogP contribution in [-0.4, -0.2) is 62.0 Å². The van der Waals surface area contributed by atoms with Gasteiger partial charge < -0.3 is 25.5 Å². The van der Waals surface area contributed by atoms with Crippen LogP contribution in [0, 0.1) is 0 Å². The zero-order chi connectivity index (χ0) is 12.9. The van der Waals surface area contributed by atoms with Gasteiger partial charge in [-0.05, 0) is 6.42 Å². The molecule has 7 heteroatoms. The highest BCUT2D eigenvalue weighted by Gasteiger charge is 2.45. The maximum Gasteiger partial charge on any atom is 0.175 e. The Balaban J connectivity index is 4.69. The molecule has 0 aromatic rings. The van der Waals surface area contributed by atoms with E-state index in [4.69, 9.17) is 15.9 Å². The van der Waals surface area contributed by atoms with Crippen molar-refractivity contribution in [3.8, 4) is 0 Å². The summed E-state index contributed by atoms with van der Waals surface area (Å²) in [5.41, 5.74) is 2.49. The highest BCUT2D eigenvalue weighted by molar-refractivity contribution is 5.84. The molecule has 0 saturated carbocycles. The Morgan fingerprint density at radius 1 is 1.38 bits per heavy atom. The minimum atomic E-state index is -2.69. The first-order valence-electron chi connectivity index (χ1n) is 4.98. The molecular weight excluding hydrogens is 218 g/mol. The smallest absolute Gasteiger partial charge is 0.175 e. The van der Waals surface area contributed by atoms with Crippen molar-refractivity contribution in [2.75, 3.05) is 6.61 Å². The first-order valence-corrected chi connectivity index (χ1v) is 4.98. The average Bonchev–Trinajstić information content (AvgIpc) is 2.25. The Kier molecular flexibility index (Phi) is 6.01. The summed E-state index contributed by atoms with van der Waals surface area (Å²) in [4.78, 5) is 11.3. The van der Waals surface area contributed by atoms with Crippen LogP contribution in [0.1, 0.15) is 19.8 Å². The predicted octanol–water partition coefficient (Wildman–Crippen LogP) is -2.92. The van der Waals surface area contributed by atoms with Crippen molar-refractivity contribution in [1.29, 1.82) is 0 Å². The van der Waals surface area contributed by atoms with Gasteiger partial charge in [0.1, 0.15) is 12.2 Å². The summed E-state index contributed by atoms with van der Waals surface area (Å²) >= 11 is 0. The first kappa shape index (κ1) is 15.4. The molecule has 0 aromatic heterocycles. The van der Waals surface area contributed by atoms with Crippen LogP contribution in [0.15, 0.2) is 0 Å². The number of carbonyl (C=O) groups excluding carboxylic acids is 1. The number of aliphatic hydroxyl groups is 5. The summed E-state index contributed by atoms with van der Waals surface area (Å²) in [6, 6.07) is 0. The molecule has 16 heavy (non-hydrogen) atoms. The lowest BCUT2D eigenvalue weighted by molar-refractivity contribution is -0.184. The minimum Gasteiger partial charge on any atom is -0.394 e. The number of aliphatic hydroxyl groups excluding tert-OH is 4. The van der Waals surface area contributed by atoms with E-state index in [1.807, 2.05) is 0 Å². The Morgan fingerprint density at radius 2 is 1.88 bits per heavy atom. The molecule has 0 spiro atoms. The van der Waals surface area contributed by atoms with Gasteiger partial charge in [0, 0.05) is 6.42 Å². The van der Waals surface area contributed by atoms with Gasteiger partial charge in [-0.1, -0.05) is 6.92 Å². The molecule has 0 bridgehead atoms. The fourth-order valence-electron chi connectivity index (χ4n) is 1.21. The molecule has 4 atom stereocenters. The normalized spacial score (nSPS) is 20.9. The average molecular weight is 237 g/mol. The minimum absolute atomic E-state index is 0.0113. The third-order valence-electron chi connectivity index (χ3n) is 2.26. The highest BCUT2D eigenvalue weighted by Crippen LogP contribution is 2.15. The molecule has 0 rings (SSSR count). The molecule has 0 aliphatic heterocycles.